The van der Waals surface area contributed by atoms with Crippen molar-refractivity contribution in [1.29, 1.82) is 0 Å². The molecule has 1 aromatic rings. The summed E-state index contributed by atoms with van der Waals surface area (Å²) in [5.41, 5.74) is 5.52. The third kappa shape index (κ3) is 2.51. The van der Waals surface area contributed by atoms with Crippen LogP contribution in [0, 0.1) is 0 Å². The van der Waals surface area contributed by atoms with Gasteiger partial charge in [-0.1, -0.05) is 0 Å². The van der Waals surface area contributed by atoms with Crippen molar-refractivity contribution in [3.05, 3.63) is 6.07 Å². The summed E-state index contributed by atoms with van der Waals surface area (Å²) >= 11 is 3.50. The van der Waals surface area contributed by atoms with Crippen LogP contribution in [0.3, 0.4) is 0 Å². The first-order valence-corrected chi connectivity index (χ1v) is 6.24. The number of nitrogen functional groups attached to an aromatic ring is 1. The molecule has 13 heavy (non-hydrogen) atoms. The molecule has 0 saturated carbocycles. The van der Waals surface area contributed by atoms with E-state index in [0.717, 1.165) is 16.8 Å². The normalized spacial score (nSPS) is 22.0. The fourth-order valence-corrected chi connectivity index (χ4v) is 3.17. The third-order valence-corrected chi connectivity index (χ3v) is 4.22. The first kappa shape index (κ1) is 9.15. The molecule has 1 aliphatic rings. The highest BCUT2D eigenvalue weighted by atomic mass is 32.2. The van der Waals surface area contributed by atoms with Crippen molar-refractivity contribution < 1.29 is 0 Å². The Morgan fingerprint density at radius 1 is 1.69 bits per heavy atom. The molecule has 5 heteroatoms. The maximum absolute atomic E-state index is 5.52. The van der Waals surface area contributed by atoms with E-state index in [1.54, 1.807) is 0 Å². The lowest BCUT2D eigenvalue weighted by Gasteiger charge is -2.08. The number of aromatic nitrogens is 1. The lowest BCUT2D eigenvalue weighted by molar-refractivity contribution is 0.806. The molecule has 2 rings (SSSR count). The Kier molecular flexibility index (Phi) is 2.95. The molecule has 1 saturated heterocycles. The predicted molar refractivity (Wildman–Crippen MR) is 60.5 cm³/mol. The minimum Gasteiger partial charge on any atom is -0.383 e. The van der Waals surface area contributed by atoms with Crippen LogP contribution in [0.1, 0.15) is 12.8 Å². The molecule has 1 aromatic heterocycles. The maximum atomic E-state index is 5.52. The average molecular weight is 215 g/mol. The fourth-order valence-electron chi connectivity index (χ4n) is 1.39. The number of nitrogens with zero attached hydrogens (tertiary/aromatic N) is 1. The van der Waals surface area contributed by atoms with Gasteiger partial charge in [0.25, 0.3) is 0 Å². The summed E-state index contributed by atoms with van der Waals surface area (Å²) < 4.78 is 4.01. The Morgan fingerprint density at radius 3 is 3.23 bits per heavy atom. The summed E-state index contributed by atoms with van der Waals surface area (Å²) in [6.07, 6.45) is 2.70. The van der Waals surface area contributed by atoms with E-state index in [9.17, 15) is 0 Å². The number of hydrogen-bond acceptors (Lipinski definition) is 5. The first-order valence-electron chi connectivity index (χ1n) is 4.42. The van der Waals surface area contributed by atoms with Crippen LogP contribution < -0.4 is 11.1 Å². The summed E-state index contributed by atoms with van der Waals surface area (Å²) in [7, 11) is 0. The predicted octanol–water partition coefficient (Wildman–Crippen LogP) is 2.03. The lowest BCUT2D eigenvalue weighted by atomic mass is 10.2. The molecule has 1 unspecified atom stereocenters. The second-order valence-electron chi connectivity index (χ2n) is 3.13. The van der Waals surface area contributed by atoms with Gasteiger partial charge in [-0.15, -0.1) is 0 Å². The molecule has 0 aliphatic carbocycles. The highest BCUT2D eigenvalue weighted by molar-refractivity contribution is 8.00. The molecule has 1 aliphatic heterocycles. The Balaban J connectivity index is 1.78. The molecule has 0 aromatic carbocycles. The van der Waals surface area contributed by atoms with Crippen LogP contribution in [-0.2, 0) is 0 Å². The van der Waals surface area contributed by atoms with E-state index in [1.165, 1.54) is 30.1 Å². The Bertz CT molecular complexity index is 268. The van der Waals surface area contributed by atoms with Gasteiger partial charge in [0, 0.05) is 17.9 Å². The molecule has 0 spiro atoms. The smallest absolute Gasteiger partial charge is 0.139 e. The van der Waals surface area contributed by atoms with Gasteiger partial charge in [0.1, 0.15) is 10.8 Å². The van der Waals surface area contributed by atoms with Crippen molar-refractivity contribution >= 4 is 34.1 Å². The average Bonchev–Trinajstić information content (AvgIpc) is 2.71. The minimum atomic E-state index is 0.617. The fraction of sp³-hybridized carbons (Fsp3) is 0.625. The number of nitrogens with two attached hydrogens (primary N) is 1. The van der Waals surface area contributed by atoms with Crippen LogP contribution in [0.25, 0.3) is 0 Å². The Labute approximate surface area is 86.3 Å². The largest absolute Gasteiger partial charge is 0.383 e. The van der Waals surface area contributed by atoms with Crippen molar-refractivity contribution in [2.45, 2.75) is 18.1 Å². The topological polar surface area (TPSA) is 50.9 Å². The molecule has 3 N–H and O–H groups in total. The molecule has 2 heterocycles. The van der Waals surface area contributed by atoms with Gasteiger partial charge in [-0.25, -0.2) is 0 Å². The van der Waals surface area contributed by atoms with Crippen molar-refractivity contribution in [2.75, 3.05) is 23.3 Å². The number of rotatable bonds is 3. The van der Waals surface area contributed by atoms with E-state index in [4.69, 9.17) is 5.73 Å². The van der Waals surface area contributed by atoms with Gasteiger partial charge >= 0.3 is 0 Å². The summed E-state index contributed by atoms with van der Waals surface area (Å²) in [6.45, 7) is 1.05. The lowest BCUT2D eigenvalue weighted by Crippen LogP contribution is -2.12. The second kappa shape index (κ2) is 4.19. The molecular formula is C8H13N3S2. The summed E-state index contributed by atoms with van der Waals surface area (Å²) in [6, 6.07) is 1.89. The Hall–Kier alpha value is -0.420. The van der Waals surface area contributed by atoms with Crippen molar-refractivity contribution in [3.8, 4) is 0 Å². The molecule has 1 fully saturated rings. The molecule has 1 atom stereocenters. The van der Waals surface area contributed by atoms with Crippen LogP contribution in [-0.4, -0.2) is 21.9 Å². The van der Waals surface area contributed by atoms with E-state index >= 15 is 0 Å². The molecule has 0 bridgehead atoms. The van der Waals surface area contributed by atoms with E-state index in [2.05, 4.69) is 21.5 Å². The summed E-state index contributed by atoms with van der Waals surface area (Å²) in [5, 5.41) is 5.23. The van der Waals surface area contributed by atoms with Crippen LogP contribution >= 0.6 is 23.3 Å². The van der Waals surface area contributed by atoms with Gasteiger partial charge in [0.15, 0.2) is 0 Å². The van der Waals surface area contributed by atoms with Gasteiger partial charge < -0.3 is 11.1 Å². The van der Waals surface area contributed by atoms with E-state index in [-0.39, 0.29) is 0 Å². The molecule has 3 nitrogen and oxygen atoms in total. The molecule has 0 amide bonds. The number of hydrogen-bond donors (Lipinski definition) is 2. The standard InChI is InChI=1S/C8H13N3S2/c9-7-4-8(13-11-7)10-5-6-2-1-3-12-6/h4,6,10H,1-3,5H2,(H2,9,11). The van der Waals surface area contributed by atoms with Gasteiger partial charge in [0.05, 0.1) is 0 Å². The molecule has 0 radical (unpaired) electrons. The van der Waals surface area contributed by atoms with Gasteiger partial charge in [-0.05, 0) is 30.1 Å². The van der Waals surface area contributed by atoms with Crippen LogP contribution in [0.2, 0.25) is 0 Å². The van der Waals surface area contributed by atoms with Crippen LogP contribution in [0.4, 0.5) is 10.8 Å². The van der Waals surface area contributed by atoms with E-state index in [0.29, 0.717) is 5.82 Å². The zero-order valence-electron chi connectivity index (χ0n) is 7.32. The van der Waals surface area contributed by atoms with Gasteiger partial charge in [0.2, 0.25) is 0 Å². The van der Waals surface area contributed by atoms with Crippen molar-refractivity contribution in [3.63, 3.8) is 0 Å². The quantitative estimate of drug-likeness (QED) is 0.810. The van der Waals surface area contributed by atoms with Crippen molar-refractivity contribution in [1.82, 2.24) is 4.37 Å². The SMILES string of the molecule is Nc1cc(NCC2CCCS2)sn1. The molecule has 72 valence electrons. The highest BCUT2D eigenvalue weighted by Gasteiger charge is 2.15. The van der Waals surface area contributed by atoms with E-state index < -0.39 is 0 Å². The molecular weight excluding hydrogens is 202 g/mol. The van der Waals surface area contributed by atoms with Gasteiger partial charge in [-0.3, -0.25) is 0 Å². The van der Waals surface area contributed by atoms with Crippen LogP contribution in [0.5, 0.6) is 0 Å². The number of anilines is 2. The second-order valence-corrected chi connectivity index (χ2v) is 5.35. The minimum absolute atomic E-state index is 0.617. The maximum Gasteiger partial charge on any atom is 0.139 e. The van der Waals surface area contributed by atoms with Gasteiger partial charge in [-0.2, -0.15) is 16.1 Å². The number of nitrogens with one attached hydrogen (secondary N) is 1. The summed E-state index contributed by atoms with van der Waals surface area (Å²) in [4.78, 5) is 0. The zero-order valence-corrected chi connectivity index (χ0v) is 8.96. The Morgan fingerprint density at radius 2 is 2.62 bits per heavy atom. The third-order valence-electron chi connectivity index (χ3n) is 2.06. The number of thioether (sulfide) groups is 1. The van der Waals surface area contributed by atoms with Crippen molar-refractivity contribution in [2.24, 2.45) is 0 Å². The highest BCUT2D eigenvalue weighted by Crippen LogP contribution is 2.27. The van der Waals surface area contributed by atoms with Crippen LogP contribution in [0.15, 0.2) is 6.07 Å². The first-order chi connectivity index (χ1) is 6.34. The zero-order chi connectivity index (χ0) is 9.10. The monoisotopic (exact) mass is 215 g/mol. The summed E-state index contributed by atoms with van der Waals surface area (Å²) in [5.74, 6) is 1.93. The van der Waals surface area contributed by atoms with E-state index in [1.807, 2.05) is 6.07 Å².